The van der Waals surface area contributed by atoms with Gasteiger partial charge in [0.1, 0.15) is 0 Å². The maximum Gasteiger partial charge on any atom is 0.225 e. The molecule has 3 atom stereocenters. The van der Waals surface area contributed by atoms with E-state index in [9.17, 15) is 0 Å². The fraction of sp³-hybridized carbons (Fsp3) is 0.750. The monoisotopic (exact) mass is 289 g/mol. The number of hydrogen-bond acceptors (Lipinski definition) is 5. The Hall–Kier alpha value is -1.20. The van der Waals surface area contributed by atoms with Gasteiger partial charge in [-0.25, -0.2) is 9.97 Å². The van der Waals surface area contributed by atoms with Gasteiger partial charge in [-0.05, 0) is 57.7 Å². The summed E-state index contributed by atoms with van der Waals surface area (Å²) in [4.78, 5) is 14.0. The van der Waals surface area contributed by atoms with Gasteiger partial charge < -0.3 is 15.5 Å². The number of nitrogens with two attached hydrogens (primary N) is 1. The van der Waals surface area contributed by atoms with Crippen molar-refractivity contribution in [2.24, 2.45) is 11.7 Å². The van der Waals surface area contributed by atoms with E-state index < -0.39 is 0 Å². The van der Waals surface area contributed by atoms with Gasteiger partial charge in [0.2, 0.25) is 5.95 Å². The number of anilines is 1. The average Bonchev–Trinajstić information content (AvgIpc) is 2.47. The van der Waals surface area contributed by atoms with Crippen molar-refractivity contribution in [2.45, 2.75) is 44.7 Å². The van der Waals surface area contributed by atoms with E-state index in [0.29, 0.717) is 0 Å². The van der Waals surface area contributed by atoms with Gasteiger partial charge in [-0.3, -0.25) is 0 Å². The van der Waals surface area contributed by atoms with E-state index >= 15 is 0 Å². The maximum atomic E-state index is 5.82. The molecule has 3 rings (SSSR count). The van der Waals surface area contributed by atoms with E-state index in [1.165, 1.54) is 25.8 Å². The lowest BCUT2D eigenvalue weighted by molar-refractivity contribution is 0.102. The van der Waals surface area contributed by atoms with Crippen LogP contribution in [-0.2, 0) is 6.42 Å². The van der Waals surface area contributed by atoms with Crippen molar-refractivity contribution in [3.63, 3.8) is 0 Å². The second-order valence-electron chi connectivity index (χ2n) is 6.76. The van der Waals surface area contributed by atoms with Crippen molar-refractivity contribution < 1.29 is 0 Å². The van der Waals surface area contributed by atoms with Crippen LogP contribution in [0.25, 0.3) is 0 Å². The molecule has 21 heavy (non-hydrogen) atoms. The van der Waals surface area contributed by atoms with Crippen LogP contribution in [0, 0.1) is 5.92 Å². The number of hydrogen-bond donors (Lipinski definition) is 1. The minimum atomic E-state index is 0.160. The number of piperidine rings is 2. The van der Waals surface area contributed by atoms with Gasteiger partial charge in [-0.1, -0.05) is 0 Å². The lowest BCUT2D eigenvalue weighted by atomic mass is 9.84. The molecule has 1 aromatic heterocycles. The van der Waals surface area contributed by atoms with E-state index in [1.54, 1.807) is 0 Å². The number of likely N-dealkylation sites (tertiary alicyclic amines) is 1. The van der Waals surface area contributed by atoms with Crippen molar-refractivity contribution in [1.82, 2.24) is 14.9 Å². The Morgan fingerprint density at radius 1 is 1.29 bits per heavy atom. The van der Waals surface area contributed by atoms with Crippen LogP contribution in [0.3, 0.4) is 0 Å². The van der Waals surface area contributed by atoms with Crippen LogP contribution in [0.2, 0.25) is 0 Å². The molecule has 5 heteroatoms. The topological polar surface area (TPSA) is 58.3 Å². The molecule has 2 saturated heterocycles. The van der Waals surface area contributed by atoms with Crippen LogP contribution >= 0.6 is 0 Å². The third-order valence-corrected chi connectivity index (χ3v) is 4.88. The maximum absolute atomic E-state index is 5.82. The number of nitrogens with zero attached hydrogens (tertiary/aromatic N) is 4. The summed E-state index contributed by atoms with van der Waals surface area (Å²) in [5.41, 5.74) is 6.95. The molecule has 1 aromatic rings. The molecule has 0 aromatic carbocycles. The standard InChI is InChI=1S/C16H27N5/c1-12(17)8-13-9-18-16(19-10-13)21-7-5-15-14(11-21)4-3-6-20(15)2/h9-10,12,14-15H,3-8,11,17H2,1-2H3. The Morgan fingerprint density at radius 2 is 2.05 bits per heavy atom. The van der Waals surface area contributed by atoms with E-state index in [1.807, 2.05) is 19.3 Å². The molecule has 0 aliphatic carbocycles. The smallest absolute Gasteiger partial charge is 0.225 e. The summed E-state index contributed by atoms with van der Waals surface area (Å²) < 4.78 is 0. The summed E-state index contributed by atoms with van der Waals surface area (Å²) in [7, 11) is 2.27. The Labute approximate surface area is 127 Å². The predicted octanol–water partition coefficient (Wildman–Crippen LogP) is 1.29. The van der Waals surface area contributed by atoms with Gasteiger partial charge in [-0.15, -0.1) is 0 Å². The largest absolute Gasteiger partial charge is 0.340 e. The van der Waals surface area contributed by atoms with Gasteiger partial charge in [0, 0.05) is 37.6 Å². The number of fused-ring (bicyclic) bond motifs is 1. The first-order chi connectivity index (χ1) is 10.1. The van der Waals surface area contributed by atoms with Crippen LogP contribution in [0.1, 0.15) is 31.7 Å². The fourth-order valence-electron chi connectivity index (χ4n) is 3.82. The van der Waals surface area contributed by atoms with Crippen LogP contribution in [0.15, 0.2) is 12.4 Å². The molecule has 0 saturated carbocycles. The normalized spacial score (nSPS) is 28.2. The first-order valence-electron chi connectivity index (χ1n) is 8.15. The summed E-state index contributed by atoms with van der Waals surface area (Å²) in [6.45, 7) is 5.43. The molecule has 3 unspecified atom stereocenters. The molecule has 2 N–H and O–H groups in total. The molecule has 2 fully saturated rings. The minimum Gasteiger partial charge on any atom is -0.340 e. The fourth-order valence-corrected chi connectivity index (χ4v) is 3.82. The minimum absolute atomic E-state index is 0.160. The Kier molecular flexibility index (Phi) is 4.40. The third-order valence-electron chi connectivity index (χ3n) is 4.88. The highest BCUT2D eigenvalue weighted by molar-refractivity contribution is 5.31. The summed E-state index contributed by atoms with van der Waals surface area (Å²) in [6, 6.07) is 0.917. The van der Waals surface area contributed by atoms with Crippen LogP contribution in [0.5, 0.6) is 0 Å². The van der Waals surface area contributed by atoms with E-state index in [0.717, 1.165) is 43.0 Å². The molecule has 3 heterocycles. The molecular formula is C16H27N5. The molecule has 2 aliphatic rings. The molecule has 0 amide bonds. The quantitative estimate of drug-likeness (QED) is 0.908. The zero-order valence-electron chi connectivity index (χ0n) is 13.2. The number of rotatable bonds is 3. The van der Waals surface area contributed by atoms with E-state index in [-0.39, 0.29) is 6.04 Å². The first kappa shape index (κ1) is 14.7. The van der Waals surface area contributed by atoms with Crippen molar-refractivity contribution in [2.75, 3.05) is 31.6 Å². The van der Waals surface area contributed by atoms with Crippen LogP contribution < -0.4 is 10.6 Å². The lowest BCUT2D eigenvalue weighted by Gasteiger charge is -2.45. The molecule has 0 bridgehead atoms. The highest BCUT2D eigenvalue weighted by Gasteiger charge is 2.34. The lowest BCUT2D eigenvalue weighted by Crippen LogP contribution is -2.53. The predicted molar refractivity (Wildman–Crippen MR) is 85.4 cm³/mol. The van der Waals surface area contributed by atoms with Gasteiger partial charge >= 0.3 is 0 Å². The van der Waals surface area contributed by atoms with Crippen LogP contribution in [-0.4, -0.2) is 53.6 Å². The molecular weight excluding hydrogens is 262 g/mol. The van der Waals surface area contributed by atoms with E-state index in [4.69, 9.17) is 5.73 Å². The number of aromatic nitrogens is 2. The van der Waals surface area contributed by atoms with Crippen molar-refractivity contribution in [3.05, 3.63) is 18.0 Å². The van der Waals surface area contributed by atoms with Gasteiger partial charge in [0.15, 0.2) is 0 Å². The SMILES string of the molecule is CC(N)Cc1cnc(N2CCC3C(CCCN3C)C2)nc1. The zero-order chi connectivity index (χ0) is 14.8. The van der Waals surface area contributed by atoms with Crippen molar-refractivity contribution in [1.29, 1.82) is 0 Å². The summed E-state index contributed by atoms with van der Waals surface area (Å²) in [6.07, 6.45) is 8.60. The Balaban J connectivity index is 1.65. The second-order valence-corrected chi connectivity index (χ2v) is 6.76. The second kappa shape index (κ2) is 6.28. The van der Waals surface area contributed by atoms with Gasteiger partial charge in [0.25, 0.3) is 0 Å². The zero-order valence-corrected chi connectivity index (χ0v) is 13.2. The van der Waals surface area contributed by atoms with Crippen molar-refractivity contribution in [3.8, 4) is 0 Å². The summed E-state index contributed by atoms with van der Waals surface area (Å²) >= 11 is 0. The first-order valence-corrected chi connectivity index (χ1v) is 8.15. The Morgan fingerprint density at radius 3 is 2.76 bits per heavy atom. The van der Waals surface area contributed by atoms with Crippen molar-refractivity contribution >= 4 is 5.95 Å². The van der Waals surface area contributed by atoms with E-state index in [2.05, 4.69) is 26.8 Å². The third kappa shape index (κ3) is 3.35. The molecule has 5 nitrogen and oxygen atoms in total. The van der Waals surface area contributed by atoms with Gasteiger partial charge in [0.05, 0.1) is 0 Å². The summed E-state index contributed by atoms with van der Waals surface area (Å²) in [5.74, 6) is 1.65. The summed E-state index contributed by atoms with van der Waals surface area (Å²) in [5, 5.41) is 0. The Bertz CT molecular complexity index is 458. The average molecular weight is 289 g/mol. The molecule has 0 radical (unpaired) electrons. The molecule has 2 aliphatic heterocycles. The van der Waals surface area contributed by atoms with Gasteiger partial charge in [-0.2, -0.15) is 0 Å². The molecule has 116 valence electrons. The highest BCUT2D eigenvalue weighted by atomic mass is 15.3. The molecule has 0 spiro atoms. The highest BCUT2D eigenvalue weighted by Crippen LogP contribution is 2.30. The van der Waals surface area contributed by atoms with Crippen LogP contribution in [0.4, 0.5) is 5.95 Å².